The van der Waals surface area contributed by atoms with Gasteiger partial charge in [0.2, 0.25) is 0 Å². The van der Waals surface area contributed by atoms with Crippen molar-refractivity contribution in [1.82, 2.24) is 9.88 Å². The smallest absolute Gasteiger partial charge is 0.274 e. The molecule has 1 saturated heterocycles. The molecular weight excluding hydrogens is 642 g/mol. The SMILES string of the molecule is CCOc1ccccc1C1(N2CCN(c3ccnc(Cl)c3)CC2)C(=O)N(S(=O)(=O)c2ccc(OC)cc2OC)c2ccc(C#N)cc21. The summed E-state index contributed by atoms with van der Waals surface area (Å²) in [6.45, 7) is 3.88. The van der Waals surface area contributed by atoms with Crippen molar-refractivity contribution in [1.29, 1.82) is 5.26 Å². The molecule has 4 aromatic rings. The molecule has 47 heavy (non-hydrogen) atoms. The number of rotatable bonds is 9. The molecule has 1 unspecified atom stereocenters. The van der Waals surface area contributed by atoms with Gasteiger partial charge in [0, 0.05) is 55.3 Å². The lowest BCUT2D eigenvalue weighted by atomic mass is 9.80. The van der Waals surface area contributed by atoms with Crippen molar-refractivity contribution < 1.29 is 27.4 Å². The van der Waals surface area contributed by atoms with E-state index in [1.54, 1.807) is 42.6 Å². The number of para-hydroxylation sites is 1. The molecule has 2 aliphatic rings. The molecule has 0 aliphatic carbocycles. The lowest BCUT2D eigenvalue weighted by Crippen LogP contribution is -2.60. The van der Waals surface area contributed by atoms with E-state index in [1.165, 1.54) is 44.6 Å². The minimum absolute atomic E-state index is 0.0178. The molecule has 3 aromatic carbocycles. The Morgan fingerprint density at radius 3 is 2.38 bits per heavy atom. The molecule has 1 atom stereocenters. The first-order valence-corrected chi connectivity index (χ1v) is 16.7. The first-order valence-electron chi connectivity index (χ1n) is 14.9. The highest BCUT2D eigenvalue weighted by molar-refractivity contribution is 7.93. The first-order chi connectivity index (χ1) is 22.7. The Labute approximate surface area is 278 Å². The van der Waals surface area contributed by atoms with Crippen molar-refractivity contribution in [3.8, 4) is 23.3 Å². The Balaban J connectivity index is 1.57. The Kier molecular flexibility index (Phi) is 8.72. The van der Waals surface area contributed by atoms with Crippen molar-refractivity contribution in [3.05, 3.63) is 101 Å². The van der Waals surface area contributed by atoms with Gasteiger partial charge in [-0.15, -0.1) is 0 Å². The van der Waals surface area contributed by atoms with Crippen LogP contribution in [0.2, 0.25) is 5.15 Å². The number of fused-ring (bicyclic) bond motifs is 1. The number of aromatic nitrogens is 1. The van der Waals surface area contributed by atoms with E-state index in [9.17, 15) is 13.7 Å². The maximum atomic E-state index is 15.3. The van der Waals surface area contributed by atoms with Gasteiger partial charge in [-0.25, -0.2) is 17.7 Å². The minimum Gasteiger partial charge on any atom is -0.497 e. The number of carbonyl (C=O) groups is 1. The summed E-state index contributed by atoms with van der Waals surface area (Å²) >= 11 is 6.19. The van der Waals surface area contributed by atoms with Crippen molar-refractivity contribution in [2.75, 3.05) is 56.2 Å². The third kappa shape index (κ3) is 5.30. The van der Waals surface area contributed by atoms with Crippen molar-refractivity contribution in [2.45, 2.75) is 17.4 Å². The van der Waals surface area contributed by atoms with Crippen molar-refractivity contribution in [2.24, 2.45) is 0 Å². The van der Waals surface area contributed by atoms with E-state index < -0.39 is 21.5 Å². The van der Waals surface area contributed by atoms with E-state index in [4.69, 9.17) is 25.8 Å². The molecule has 0 saturated carbocycles. The summed E-state index contributed by atoms with van der Waals surface area (Å²) in [5, 5.41) is 10.3. The van der Waals surface area contributed by atoms with E-state index in [0.717, 1.165) is 9.99 Å². The molecule has 0 bridgehead atoms. The molecule has 6 rings (SSSR count). The molecule has 1 aromatic heterocycles. The Hall–Kier alpha value is -4.83. The van der Waals surface area contributed by atoms with Crippen molar-refractivity contribution in [3.63, 3.8) is 0 Å². The topological polar surface area (TPSA) is 125 Å². The minimum atomic E-state index is -4.57. The van der Waals surface area contributed by atoms with E-state index in [-0.39, 0.29) is 21.9 Å². The third-order valence-corrected chi connectivity index (χ3v) is 10.5. The standard InChI is InChI=1S/C34H32ClN5O6S/c1-4-46-29-8-6-5-7-26(29)34(39-17-15-38(16-18-39)24-13-14-37-32(35)20-24)27-19-23(22-36)9-11-28(27)40(33(34)41)47(42,43)31-12-10-25(44-2)21-30(31)45-3/h5-14,19-21H,4,15-18H2,1-3H3. The van der Waals surface area contributed by atoms with Crippen LogP contribution in [0.4, 0.5) is 11.4 Å². The summed E-state index contributed by atoms with van der Waals surface area (Å²) in [6, 6.07) is 21.9. The van der Waals surface area contributed by atoms with Gasteiger partial charge in [0.15, 0.2) is 5.54 Å². The Morgan fingerprint density at radius 1 is 0.936 bits per heavy atom. The van der Waals surface area contributed by atoms with Crippen molar-refractivity contribution >= 4 is 38.9 Å². The number of pyridine rings is 1. The number of sulfonamides is 1. The molecule has 11 nitrogen and oxygen atoms in total. The van der Waals surface area contributed by atoms with Crippen LogP contribution in [-0.2, 0) is 20.4 Å². The van der Waals surface area contributed by atoms with E-state index >= 15 is 4.79 Å². The second-order valence-corrected chi connectivity index (χ2v) is 13.0. The fourth-order valence-corrected chi connectivity index (χ4v) is 8.21. The van der Waals surface area contributed by atoms with Gasteiger partial charge in [0.25, 0.3) is 15.9 Å². The highest BCUT2D eigenvalue weighted by Gasteiger charge is 2.61. The van der Waals surface area contributed by atoms with E-state index in [1.807, 2.05) is 17.9 Å². The van der Waals surface area contributed by atoms with Crippen LogP contribution < -0.4 is 23.4 Å². The summed E-state index contributed by atoms with van der Waals surface area (Å²) in [5.41, 5.74) is 0.480. The Bertz CT molecular complexity index is 1990. The summed E-state index contributed by atoms with van der Waals surface area (Å²) in [4.78, 5) is 23.3. The number of ether oxygens (including phenoxy) is 3. The number of methoxy groups -OCH3 is 2. The number of amides is 1. The van der Waals surface area contributed by atoms with Crippen LogP contribution in [0.25, 0.3) is 0 Å². The van der Waals surface area contributed by atoms with Gasteiger partial charge in [-0.3, -0.25) is 9.69 Å². The zero-order valence-corrected chi connectivity index (χ0v) is 27.6. The molecule has 3 heterocycles. The lowest BCUT2D eigenvalue weighted by Gasteiger charge is -2.46. The molecule has 0 radical (unpaired) electrons. The monoisotopic (exact) mass is 673 g/mol. The predicted octanol–water partition coefficient (Wildman–Crippen LogP) is 4.82. The first kappa shape index (κ1) is 32.1. The average molecular weight is 674 g/mol. The number of hydrogen-bond donors (Lipinski definition) is 0. The summed E-state index contributed by atoms with van der Waals surface area (Å²) in [6.07, 6.45) is 1.64. The number of nitrogens with zero attached hydrogens (tertiary/aromatic N) is 5. The van der Waals surface area contributed by atoms with Gasteiger partial charge in [0.05, 0.1) is 38.1 Å². The average Bonchev–Trinajstić information content (AvgIpc) is 3.36. The molecule has 2 aliphatic heterocycles. The van der Waals surface area contributed by atoms with Crippen LogP contribution >= 0.6 is 11.6 Å². The maximum Gasteiger partial charge on any atom is 0.274 e. The van der Waals surface area contributed by atoms with Crippen LogP contribution in [-0.4, -0.2) is 71.2 Å². The van der Waals surface area contributed by atoms with Gasteiger partial charge in [0.1, 0.15) is 27.3 Å². The van der Waals surface area contributed by atoms with Gasteiger partial charge in [-0.2, -0.15) is 5.26 Å². The van der Waals surface area contributed by atoms with Gasteiger partial charge in [-0.05, 0) is 55.5 Å². The fraction of sp³-hybridized carbons (Fsp3) is 0.265. The molecule has 13 heteroatoms. The molecule has 0 spiro atoms. The molecule has 0 N–H and O–H groups in total. The zero-order valence-electron chi connectivity index (χ0n) is 26.0. The normalized spacial score (nSPS) is 18.1. The largest absolute Gasteiger partial charge is 0.497 e. The highest BCUT2D eigenvalue weighted by Crippen LogP contribution is 2.53. The van der Waals surface area contributed by atoms with E-state index in [0.29, 0.717) is 60.6 Å². The maximum absolute atomic E-state index is 15.3. The predicted molar refractivity (Wildman–Crippen MR) is 177 cm³/mol. The number of benzene rings is 3. The molecule has 1 fully saturated rings. The molecule has 242 valence electrons. The van der Waals surface area contributed by atoms with Crippen LogP contribution in [0.15, 0.2) is 83.9 Å². The third-order valence-electron chi connectivity index (χ3n) is 8.52. The van der Waals surface area contributed by atoms with Gasteiger partial charge < -0.3 is 19.1 Å². The fourth-order valence-electron chi connectivity index (χ4n) is 6.44. The number of carbonyl (C=O) groups excluding carboxylic acids is 1. The number of halogens is 1. The number of nitriles is 1. The van der Waals surface area contributed by atoms with E-state index in [2.05, 4.69) is 16.0 Å². The molecule has 1 amide bonds. The second kappa shape index (κ2) is 12.8. The van der Waals surface area contributed by atoms with Gasteiger partial charge in [-0.1, -0.05) is 29.8 Å². The van der Waals surface area contributed by atoms with Crippen LogP contribution in [0.1, 0.15) is 23.6 Å². The summed E-state index contributed by atoms with van der Waals surface area (Å²) in [5.74, 6) is 0.124. The molecular formula is C34H32ClN5O6S. The van der Waals surface area contributed by atoms with Crippen LogP contribution in [0.5, 0.6) is 17.2 Å². The second-order valence-electron chi connectivity index (χ2n) is 10.9. The van der Waals surface area contributed by atoms with Crippen LogP contribution in [0.3, 0.4) is 0 Å². The number of anilines is 2. The quantitative estimate of drug-likeness (QED) is 0.228. The van der Waals surface area contributed by atoms with Crippen LogP contribution in [0, 0.1) is 11.3 Å². The summed E-state index contributed by atoms with van der Waals surface area (Å²) in [7, 11) is -1.76. The zero-order chi connectivity index (χ0) is 33.3. The number of piperazine rings is 1. The van der Waals surface area contributed by atoms with Gasteiger partial charge >= 0.3 is 0 Å². The highest BCUT2D eigenvalue weighted by atomic mass is 35.5. The Morgan fingerprint density at radius 2 is 1.70 bits per heavy atom. The number of hydrogen-bond acceptors (Lipinski definition) is 10. The lowest BCUT2D eigenvalue weighted by molar-refractivity contribution is -0.127. The summed E-state index contributed by atoms with van der Waals surface area (Å²) < 4.78 is 47.0.